The highest BCUT2D eigenvalue weighted by molar-refractivity contribution is 5.02. The van der Waals surface area contributed by atoms with E-state index in [1.165, 1.54) is 17.7 Å². The molecule has 2 rings (SSSR count). The fourth-order valence-electron chi connectivity index (χ4n) is 2.26. The summed E-state index contributed by atoms with van der Waals surface area (Å²) in [7, 11) is 0. The second-order valence-corrected chi connectivity index (χ2v) is 4.78. The minimum absolute atomic E-state index is 0.255. The van der Waals surface area contributed by atoms with E-state index in [0.717, 1.165) is 0 Å². The molecule has 2 heterocycles. The van der Waals surface area contributed by atoms with Gasteiger partial charge >= 0.3 is 5.69 Å². The van der Waals surface area contributed by atoms with Crippen LogP contribution < -0.4 is 11.2 Å². The van der Waals surface area contributed by atoms with E-state index in [-0.39, 0.29) is 6.42 Å². The highest BCUT2D eigenvalue weighted by Gasteiger charge is 2.38. The summed E-state index contributed by atoms with van der Waals surface area (Å²) in [5, 5.41) is 13.2. The summed E-state index contributed by atoms with van der Waals surface area (Å²) in [5.74, 6) is 0. The van der Waals surface area contributed by atoms with Crippen LogP contribution in [-0.4, -0.2) is 32.9 Å². The summed E-state index contributed by atoms with van der Waals surface area (Å²) < 4.78 is 6.81. The number of aliphatic hydroxyl groups excluding tert-OH is 1. The zero-order valence-corrected chi connectivity index (χ0v) is 11.1. The molecule has 0 saturated carbocycles. The molecule has 0 bridgehead atoms. The van der Waals surface area contributed by atoms with Gasteiger partial charge in [-0.05, 0) is 19.4 Å². The van der Waals surface area contributed by atoms with Gasteiger partial charge in [0.2, 0.25) is 0 Å². The first-order chi connectivity index (χ1) is 9.43. The fourth-order valence-corrected chi connectivity index (χ4v) is 2.26. The maximum Gasteiger partial charge on any atom is 0.330 e. The molecule has 1 saturated heterocycles. The third-order valence-electron chi connectivity index (χ3n) is 3.27. The van der Waals surface area contributed by atoms with Gasteiger partial charge in [0.15, 0.2) is 0 Å². The summed E-state index contributed by atoms with van der Waals surface area (Å²) in [6.07, 6.45) is -0.563. The van der Waals surface area contributed by atoms with Crippen LogP contribution in [0.25, 0.3) is 10.4 Å². The number of nitrogens with zero attached hydrogens (tertiary/aromatic N) is 4. The Morgan fingerprint density at radius 2 is 2.35 bits per heavy atom. The lowest BCUT2D eigenvalue weighted by Gasteiger charge is -2.18. The lowest BCUT2D eigenvalue weighted by atomic mass is 10.1. The van der Waals surface area contributed by atoms with Gasteiger partial charge in [-0.15, -0.1) is 0 Å². The first kappa shape index (κ1) is 14.3. The summed E-state index contributed by atoms with van der Waals surface area (Å²) in [6, 6.07) is -0.566. The van der Waals surface area contributed by atoms with Gasteiger partial charge in [0, 0.05) is 23.1 Å². The third kappa shape index (κ3) is 2.60. The Hall–Kier alpha value is -2.09. The number of azide groups is 1. The molecule has 0 radical (unpaired) electrons. The molecule has 1 aliphatic rings. The van der Waals surface area contributed by atoms with Crippen LogP contribution in [0.3, 0.4) is 0 Å². The first-order valence-corrected chi connectivity index (χ1v) is 6.14. The van der Waals surface area contributed by atoms with Crippen LogP contribution in [0, 0.1) is 6.92 Å². The number of aliphatic hydroxyl groups is 1. The standard InChI is InChI=1S/C11H15N5O4/c1-5-4-16(11(19)13-10(5)18)8-3-7(14-15-12)9(20-8)6(2)17/h4,6-9,17H,3H2,1-2H3,(H,13,18,19)/t6-,7-,8+,9+/m0/s1. The topological polar surface area (TPSA) is 133 Å². The van der Waals surface area contributed by atoms with E-state index in [0.29, 0.717) is 5.56 Å². The summed E-state index contributed by atoms with van der Waals surface area (Å²) in [5.41, 5.74) is 7.84. The Kier molecular flexibility index (Phi) is 3.93. The van der Waals surface area contributed by atoms with Gasteiger partial charge in [0.25, 0.3) is 5.56 Å². The number of aromatic amines is 1. The van der Waals surface area contributed by atoms with Crippen molar-refractivity contribution in [1.82, 2.24) is 9.55 Å². The molecule has 1 aromatic rings. The molecule has 4 atom stereocenters. The Morgan fingerprint density at radius 3 is 2.95 bits per heavy atom. The van der Waals surface area contributed by atoms with E-state index in [9.17, 15) is 14.7 Å². The maximum atomic E-state index is 11.8. The number of ether oxygens (including phenoxy) is 1. The molecule has 20 heavy (non-hydrogen) atoms. The quantitative estimate of drug-likeness (QED) is 0.464. The van der Waals surface area contributed by atoms with Crippen molar-refractivity contribution in [2.24, 2.45) is 5.11 Å². The highest BCUT2D eigenvalue weighted by Crippen LogP contribution is 2.31. The number of nitrogens with one attached hydrogen (secondary N) is 1. The van der Waals surface area contributed by atoms with Crippen LogP contribution in [0.15, 0.2) is 20.9 Å². The Labute approximate surface area is 113 Å². The number of rotatable bonds is 3. The fraction of sp³-hybridized carbons (Fsp3) is 0.636. The second-order valence-electron chi connectivity index (χ2n) is 4.78. The van der Waals surface area contributed by atoms with Crippen LogP contribution in [0.2, 0.25) is 0 Å². The van der Waals surface area contributed by atoms with Crippen molar-refractivity contribution in [3.63, 3.8) is 0 Å². The molecular weight excluding hydrogens is 266 g/mol. The van der Waals surface area contributed by atoms with Gasteiger partial charge in [-0.25, -0.2) is 4.79 Å². The molecular formula is C11H15N5O4. The van der Waals surface area contributed by atoms with E-state index in [2.05, 4.69) is 15.0 Å². The molecule has 0 aromatic carbocycles. The maximum absolute atomic E-state index is 11.8. The lowest BCUT2D eigenvalue weighted by Crippen LogP contribution is -2.34. The van der Waals surface area contributed by atoms with Crippen molar-refractivity contribution >= 4 is 0 Å². The molecule has 1 fully saturated rings. The first-order valence-electron chi connectivity index (χ1n) is 6.14. The number of aryl methyl sites for hydroxylation is 1. The average Bonchev–Trinajstić information content (AvgIpc) is 2.78. The predicted octanol–water partition coefficient (Wildman–Crippen LogP) is 0.192. The summed E-state index contributed by atoms with van der Waals surface area (Å²) in [4.78, 5) is 28.0. The SMILES string of the molecule is Cc1cn([C@H]2C[C@H](N=[N+]=[N-])[C@@H]([C@H](C)O)O2)c(=O)[nH]c1=O. The zero-order valence-electron chi connectivity index (χ0n) is 11.1. The van der Waals surface area contributed by atoms with Gasteiger partial charge in [-0.2, -0.15) is 0 Å². The summed E-state index contributed by atoms with van der Waals surface area (Å²) in [6.45, 7) is 3.09. The average molecular weight is 281 g/mol. The number of aromatic nitrogens is 2. The molecule has 0 amide bonds. The monoisotopic (exact) mass is 281 g/mol. The number of hydrogen-bond acceptors (Lipinski definition) is 5. The van der Waals surface area contributed by atoms with Crippen LogP contribution in [0.1, 0.15) is 25.1 Å². The molecule has 9 heteroatoms. The van der Waals surface area contributed by atoms with Crippen molar-refractivity contribution < 1.29 is 9.84 Å². The van der Waals surface area contributed by atoms with Crippen molar-refractivity contribution in [2.45, 2.75) is 44.7 Å². The molecule has 0 aliphatic carbocycles. The summed E-state index contributed by atoms with van der Waals surface area (Å²) >= 11 is 0. The van der Waals surface area contributed by atoms with E-state index >= 15 is 0 Å². The van der Waals surface area contributed by atoms with E-state index in [1.54, 1.807) is 6.92 Å². The van der Waals surface area contributed by atoms with Gasteiger partial charge in [0.05, 0.1) is 18.2 Å². The molecule has 108 valence electrons. The zero-order chi connectivity index (χ0) is 14.9. The molecule has 0 unspecified atom stereocenters. The number of H-pyrrole nitrogens is 1. The minimum atomic E-state index is -0.838. The van der Waals surface area contributed by atoms with E-state index in [1.807, 2.05) is 0 Å². The number of hydrogen-bond donors (Lipinski definition) is 2. The van der Waals surface area contributed by atoms with Gasteiger partial charge < -0.3 is 9.84 Å². The van der Waals surface area contributed by atoms with E-state index < -0.39 is 35.7 Å². The molecule has 9 nitrogen and oxygen atoms in total. The van der Waals surface area contributed by atoms with Crippen LogP contribution in [0.4, 0.5) is 0 Å². The predicted molar refractivity (Wildman–Crippen MR) is 69.2 cm³/mol. The Balaban J connectivity index is 2.36. The van der Waals surface area contributed by atoms with Crippen molar-refractivity contribution in [3.8, 4) is 0 Å². The van der Waals surface area contributed by atoms with E-state index in [4.69, 9.17) is 10.3 Å². The third-order valence-corrected chi connectivity index (χ3v) is 3.27. The normalized spacial score (nSPS) is 27.1. The Bertz CT molecular complexity index is 658. The van der Waals surface area contributed by atoms with Crippen molar-refractivity contribution in [3.05, 3.63) is 43.0 Å². The van der Waals surface area contributed by atoms with Gasteiger partial charge in [-0.1, -0.05) is 5.11 Å². The van der Waals surface area contributed by atoms with Crippen molar-refractivity contribution in [1.29, 1.82) is 0 Å². The molecule has 1 aromatic heterocycles. The Morgan fingerprint density at radius 1 is 1.65 bits per heavy atom. The van der Waals surface area contributed by atoms with Crippen LogP contribution in [-0.2, 0) is 4.74 Å². The molecule has 1 aliphatic heterocycles. The largest absolute Gasteiger partial charge is 0.391 e. The van der Waals surface area contributed by atoms with Gasteiger partial charge in [0.1, 0.15) is 6.23 Å². The van der Waals surface area contributed by atoms with Gasteiger partial charge in [-0.3, -0.25) is 14.3 Å². The highest BCUT2D eigenvalue weighted by atomic mass is 16.5. The van der Waals surface area contributed by atoms with Crippen LogP contribution >= 0.6 is 0 Å². The lowest BCUT2D eigenvalue weighted by molar-refractivity contribution is -0.0574. The van der Waals surface area contributed by atoms with Crippen molar-refractivity contribution in [2.75, 3.05) is 0 Å². The second kappa shape index (κ2) is 5.49. The van der Waals surface area contributed by atoms with Crippen LogP contribution in [0.5, 0.6) is 0 Å². The molecule has 2 N–H and O–H groups in total. The minimum Gasteiger partial charge on any atom is -0.391 e. The smallest absolute Gasteiger partial charge is 0.330 e. The molecule has 0 spiro atoms.